The Kier molecular flexibility index (Phi) is 3.54. The average molecular weight is 233 g/mol. The molecule has 1 aromatic heterocycles. The van der Waals surface area contributed by atoms with E-state index in [1.807, 2.05) is 23.5 Å². The van der Waals surface area contributed by atoms with Gasteiger partial charge in [-0.25, -0.2) is 4.98 Å². The summed E-state index contributed by atoms with van der Waals surface area (Å²) in [6, 6.07) is 0. The standard InChI is InChI=1S/C8H11NOS3/c10-4-6-3-9-8(13-6)7-5-11-1-2-12-7/h3,7,10H,1-2,4-5H2. The molecule has 2 nitrogen and oxygen atoms in total. The Morgan fingerprint density at radius 3 is 3.08 bits per heavy atom. The number of hydrogen-bond donors (Lipinski definition) is 1. The average Bonchev–Trinajstić information content (AvgIpc) is 2.67. The van der Waals surface area contributed by atoms with Crippen LogP contribution in [0.1, 0.15) is 15.1 Å². The fourth-order valence-corrected chi connectivity index (χ4v) is 4.94. The van der Waals surface area contributed by atoms with Crippen molar-refractivity contribution in [2.24, 2.45) is 0 Å². The number of hydrogen-bond acceptors (Lipinski definition) is 5. The van der Waals surface area contributed by atoms with E-state index in [-0.39, 0.29) is 6.61 Å². The molecule has 1 saturated heterocycles. The Balaban J connectivity index is 2.05. The highest BCUT2D eigenvalue weighted by atomic mass is 32.2. The van der Waals surface area contributed by atoms with Crippen molar-refractivity contribution in [2.45, 2.75) is 11.9 Å². The molecule has 13 heavy (non-hydrogen) atoms. The van der Waals surface area contributed by atoms with Gasteiger partial charge in [0.1, 0.15) is 5.01 Å². The molecule has 1 atom stereocenters. The van der Waals surface area contributed by atoms with Gasteiger partial charge in [-0.15, -0.1) is 23.1 Å². The summed E-state index contributed by atoms with van der Waals surface area (Å²) in [7, 11) is 0. The highest BCUT2D eigenvalue weighted by molar-refractivity contribution is 8.06. The van der Waals surface area contributed by atoms with Crippen LogP contribution in [0.5, 0.6) is 0 Å². The van der Waals surface area contributed by atoms with Gasteiger partial charge < -0.3 is 5.11 Å². The summed E-state index contributed by atoms with van der Waals surface area (Å²) >= 11 is 5.63. The zero-order valence-corrected chi connectivity index (χ0v) is 9.55. The van der Waals surface area contributed by atoms with Crippen LogP contribution >= 0.6 is 34.9 Å². The van der Waals surface area contributed by atoms with Gasteiger partial charge in [0.2, 0.25) is 0 Å². The van der Waals surface area contributed by atoms with Crippen LogP contribution in [-0.4, -0.2) is 27.3 Å². The molecular formula is C8H11NOS3. The van der Waals surface area contributed by atoms with E-state index in [0.717, 1.165) is 4.88 Å². The van der Waals surface area contributed by atoms with Crippen LogP contribution in [0, 0.1) is 0 Å². The fourth-order valence-electron chi connectivity index (χ4n) is 1.17. The first-order chi connectivity index (χ1) is 6.40. The number of rotatable bonds is 2. The fraction of sp³-hybridized carbons (Fsp3) is 0.625. The molecule has 1 aliphatic heterocycles. The number of aromatic nitrogens is 1. The Labute approximate surface area is 90.2 Å². The number of nitrogens with zero attached hydrogens (tertiary/aromatic N) is 1. The number of aliphatic hydroxyl groups is 1. The van der Waals surface area contributed by atoms with Gasteiger partial charge in [-0.2, -0.15) is 11.8 Å². The van der Waals surface area contributed by atoms with Crippen molar-refractivity contribution in [1.29, 1.82) is 0 Å². The van der Waals surface area contributed by atoms with Crippen LogP contribution in [-0.2, 0) is 6.61 Å². The second kappa shape index (κ2) is 4.68. The van der Waals surface area contributed by atoms with E-state index < -0.39 is 0 Å². The van der Waals surface area contributed by atoms with Crippen molar-refractivity contribution in [3.63, 3.8) is 0 Å². The maximum atomic E-state index is 8.91. The van der Waals surface area contributed by atoms with Gasteiger partial charge in [0.05, 0.1) is 16.7 Å². The van der Waals surface area contributed by atoms with Crippen molar-refractivity contribution >= 4 is 34.9 Å². The van der Waals surface area contributed by atoms with E-state index in [1.165, 1.54) is 22.3 Å². The van der Waals surface area contributed by atoms with Crippen LogP contribution in [0.25, 0.3) is 0 Å². The van der Waals surface area contributed by atoms with Gasteiger partial charge in [-0.05, 0) is 0 Å². The molecule has 1 N–H and O–H groups in total. The van der Waals surface area contributed by atoms with Crippen molar-refractivity contribution in [2.75, 3.05) is 17.3 Å². The molecule has 72 valence electrons. The second-order valence-electron chi connectivity index (χ2n) is 2.76. The summed E-state index contributed by atoms with van der Waals surface area (Å²) in [4.78, 5) is 5.31. The van der Waals surface area contributed by atoms with Crippen molar-refractivity contribution < 1.29 is 5.11 Å². The van der Waals surface area contributed by atoms with Gasteiger partial charge in [0.15, 0.2) is 0 Å². The maximum absolute atomic E-state index is 8.91. The normalized spacial score (nSPS) is 23.3. The minimum absolute atomic E-state index is 0.127. The lowest BCUT2D eigenvalue weighted by Gasteiger charge is -2.18. The first kappa shape index (κ1) is 9.83. The molecular weight excluding hydrogens is 222 g/mol. The van der Waals surface area contributed by atoms with Crippen molar-refractivity contribution in [1.82, 2.24) is 4.98 Å². The van der Waals surface area contributed by atoms with Gasteiger partial charge >= 0.3 is 0 Å². The van der Waals surface area contributed by atoms with Crippen LogP contribution in [0.4, 0.5) is 0 Å². The minimum atomic E-state index is 0.127. The van der Waals surface area contributed by atoms with Crippen LogP contribution in [0.3, 0.4) is 0 Å². The molecule has 0 aliphatic carbocycles. The Morgan fingerprint density at radius 1 is 1.54 bits per heavy atom. The van der Waals surface area contributed by atoms with E-state index in [1.54, 1.807) is 17.5 Å². The van der Waals surface area contributed by atoms with Gasteiger partial charge in [-0.1, -0.05) is 0 Å². The van der Waals surface area contributed by atoms with Gasteiger partial charge in [-0.3, -0.25) is 0 Å². The molecule has 1 aromatic rings. The second-order valence-corrected chi connectivity index (χ2v) is 6.36. The van der Waals surface area contributed by atoms with Crippen molar-refractivity contribution in [3.05, 3.63) is 16.1 Å². The molecule has 1 fully saturated rings. The molecule has 0 amide bonds. The Hall–Kier alpha value is 0.290. The Morgan fingerprint density at radius 2 is 2.46 bits per heavy atom. The summed E-state index contributed by atoms with van der Waals surface area (Å²) < 4.78 is 0. The number of thioether (sulfide) groups is 2. The summed E-state index contributed by atoms with van der Waals surface area (Å²) in [5, 5.41) is 10.6. The molecule has 2 heterocycles. The number of aliphatic hydroxyl groups excluding tert-OH is 1. The molecule has 1 unspecified atom stereocenters. The van der Waals surface area contributed by atoms with E-state index in [9.17, 15) is 0 Å². The van der Waals surface area contributed by atoms with E-state index in [4.69, 9.17) is 5.11 Å². The van der Waals surface area contributed by atoms with Crippen LogP contribution in [0.2, 0.25) is 0 Å². The van der Waals surface area contributed by atoms with Crippen molar-refractivity contribution in [3.8, 4) is 0 Å². The SMILES string of the molecule is OCc1cnc(C2CSCCS2)s1. The van der Waals surface area contributed by atoms with Gasteiger partial charge in [0.25, 0.3) is 0 Å². The molecule has 0 spiro atoms. The zero-order chi connectivity index (χ0) is 9.10. The lowest BCUT2D eigenvalue weighted by atomic mass is 10.5. The quantitative estimate of drug-likeness (QED) is 0.848. The van der Waals surface area contributed by atoms with Crippen LogP contribution in [0.15, 0.2) is 6.20 Å². The minimum Gasteiger partial charge on any atom is -0.391 e. The molecule has 0 saturated carbocycles. The van der Waals surface area contributed by atoms with Crippen LogP contribution < -0.4 is 0 Å². The highest BCUT2D eigenvalue weighted by Crippen LogP contribution is 2.38. The predicted octanol–water partition coefficient (Wildman–Crippen LogP) is 2.16. The molecule has 1 aliphatic rings. The molecule has 0 bridgehead atoms. The third-order valence-electron chi connectivity index (χ3n) is 1.82. The zero-order valence-electron chi connectivity index (χ0n) is 7.10. The first-order valence-corrected chi connectivity index (χ1v) is 7.17. The Bertz CT molecular complexity index is 270. The largest absolute Gasteiger partial charge is 0.391 e. The summed E-state index contributed by atoms with van der Waals surface area (Å²) in [5.41, 5.74) is 0. The smallest absolute Gasteiger partial charge is 0.107 e. The predicted molar refractivity (Wildman–Crippen MR) is 60.6 cm³/mol. The lowest BCUT2D eigenvalue weighted by molar-refractivity contribution is 0.285. The summed E-state index contributed by atoms with van der Waals surface area (Å²) in [6.45, 7) is 0.127. The molecule has 2 rings (SSSR count). The lowest BCUT2D eigenvalue weighted by Crippen LogP contribution is -2.05. The maximum Gasteiger partial charge on any atom is 0.107 e. The molecule has 5 heteroatoms. The van der Waals surface area contributed by atoms with E-state index in [0.29, 0.717) is 5.25 Å². The third-order valence-corrected chi connectivity index (χ3v) is 5.83. The monoisotopic (exact) mass is 233 g/mol. The summed E-state index contributed by atoms with van der Waals surface area (Å²) in [6.07, 6.45) is 1.79. The van der Waals surface area contributed by atoms with E-state index in [2.05, 4.69) is 4.98 Å². The summed E-state index contributed by atoms with van der Waals surface area (Å²) in [5.74, 6) is 3.66. The van der Waals surface area contributed by atoms with E-state index >= 15 is 0 Å². The molecule has 0 radical (unpaired) electrons. The molecule has 0 aromatic carbocycles. The third kappa shape index (κ3) is 2.40. The first-order valence-electron chi connectivity index (χ1n) is 4.15. The van der Waals surface area contributed by atoms with Gasteiger partial charge in [0, 0.05) is 23.5 Å². The topological polar surface area (TPSA) is 33.1 Å². The highest BCUT2D eigenvalue weighted by Gasteiger charge is 2.19. The number of thiazole rings is 1.